The number of nitro groups is 1. The van der Waals surface area contributed by atoms with Crippen molar-refractivity contribution in [1.82, 2.24) is 4.98 Å². The van der Waals surface area contributed by atoms with E-state index in [-0.39, 0.29) is 11.6 Å². The molecule has 0 atom stereocenters. The fourth-order valence-electron chi connectivity index (χ4n) is 2.21. The Morgan fingerprint density at radius 1 is 1.50 bits per heavy atom. The lowest BCUT2D eigenvalue weighted by Gasteiger charge is -2.22. The largest absolute Gasteiger partial charge is 0.416 e. The monoisotopic (exact) mass is 371 g/mol. The van der Waals surface area contributed by atoms with Gasteiger partial charge in [0.15, 0.2) is 0 Å². The van der Waals surface area contributed by atoms with Gasteiger partial charge in [0.05, 0.1) is 10.6 Å². The molecule has 6 nitrogen and oxygen atoms in total. The van der Waals surface area contributed by atoms with Crippen LogP contribution in [0.4, 0.5) is 11.4 Å². The Morgan fingerprint density at radius 3 is 2.92 bits per heavy atom. The fraction of sp³-hybridized carbons (Fsp3) is 0.211. The van der Waals surface area contributed by atoms with Crippen molar-refractivity contribution in [3.05, 3.63) is 81.3 Å². The van der Waals surface area contributed by atoms with Gasteiger partial charge in [0.2, 0.25) is 5.88 Å². The molecule has 0 spiro atoms. The molecule has 0 saturated carbocycles. The Balaban J connectivity index is 2.48. The second kappa shape index (κ2) is 8.88. The Hall–Kier alpha value is -3.04. The van der Waals surface area contributed by atoms with E-state index in [4.69, 9.17) is 16.3 Å². The van der Waals surface area contributed by atoms with Crippen LogP contribution in [-0.4, -0.2) is 17.0 Å². The Morgan fingerprint density at radius 2 is 2.27 bits per heavy atom. The highest BCUT2D eigenvalue weighted by molar-refractivity contribution is 6.32. The topological polar surface area (TPSA) is 68.5 Å². The molecule has 1 aromatic heterocycles. The predicted molar refractivity (Wildman–Crippen MR) is 101 cm³/mol. The molecule has 2 aromatic rings. The summed E-state index contributed by atoms with van der Waals surface area (Å²) in [6, 6.07) is 11.8. The van der Waals surface area contributed by atoms with E-state index in [0.29, 0.717) is 16.6 Å². The molecule has 0 fully saturated rings. The number of anilines is 1. The first-order valence-corrected chi connectivity index (χ1v) is 8.29. The molecular weight excluding hydrogens is 354 g/mol. The third kappa shape index (κ3) is 4.74. The van der Waals surface area contributed by atoms with Crippen molar-refractivity contribution in [3.8, 4) is 5.88 Å². The van der Waals surface area contributed by atoms with E-state index >= 15 is 0 Å². The van der Waals surface area contributed by atoms with Crippen LogP contribution in [0.5, 0.6) is 5.88 Å². The van der Waals surface area contributed by atoms with Crippen molar-refractivity contribution in [2.75, 3.05) is 11.9 Å². The summed E-state index contributed by atoms with van der Waals surface area (Å²) in [5, 5.41) is 11.6. The molecule has 26 heavy (non-hydrogen) atoms. The van der Waals surface area contributed by atoms with Crippen LogP contribution in [0.15, 0.2) is 54.1 Å². The molecule has 0 aliphatic rings. The van der Waals surface area contributed by atoms with Crippen LogP contribution in [-0.2, 0) is 0 Å². The molecule has 0 bridgehead atoms. The Labute approximate surface area is 157 Å². The van der Waals surface area contributed by atoms with Gasteiger partial charge >= 0.3 is 11.6 Å². The van der Waals surface area contributed by atoms with Gasteiger partial charge in [-0.2, -0.15) is 0 Å². The average Bonchev–Trinajstić information content (AvgIpc) is 2.61. The third-order valence-electron chi connectivity index (χ3n) is 3.45. The van der Waals surface area contributed by atoms with Crippen LogP contribution in [0.3, 0.4) is 0 Å². The maximum absolute atomic E-state index is 11.2. The fourth-order valence-corrected chi connectivity index (χ4v) is 2.45. The number of pyridine rings is 1. The van der Waals surface area contributed by atoms with Gasteiger partial charge in [-0.15, -0.1) is 0 Å². The number of nitrogens with zero attached hydrogens (tertiary/aromatic N) is 3. The van der Waals surface area contributed by atoms with Crippen molar-refractivity contribution in [1.29, 1.82) is 0 Å². The molecule has 0 amide bonds. The number of allylic oxidation sites excluding steroid dienone is 3. The van der Waals surface area contributed by atoms with Crippen LogP contribution in [0, 0.1) is 22.2 Å². The molecule has 0 aliphatic heterocycles. The molecule has 0 aliphatic carbocycles. The number of rotatable bonds is 7. The van der Waals surface area contributed by atoms with Crippen LogP contribution in [0.2, 0.25) is 5.02 Å². The van der Waals surface area contributed by atoms with Crippen LogP contribution < -0.4 is 9.64 Å². The number of ether oxygens (including phenoxy) is 1. The zero-order valence-corrected chi connectivity index (χ0v) is 15.4. The second-order valence-corrected chi connectivity index (χ2v) is 5.76. The van der Waals surface area contributed by atoms with E-state index in [2.05, 4.69) is 17.1 Å². The van der Waals surface area contributed by atoms with Crippen molar-refractivity contribution >= 4 is 23.0 Å². The minimum absolute atomic E-state index is 0.0949. The number of aromatic nitrogens is 1. The van der Waals surface area contributed by atoms with E-state index in [1.165, 1.54) is 18.3 Å². The first-order valence-electron chi connectivity index (χ1n) is 7.91. The first-order chi connectivity index (χ1) is 12.4. The highest BCUT2D eigenvalue weighted by Gasteiger charge is 2.20. The summed E-state index contributed by atoms with van der Waals surface area (Å²) in [5.41, 5.74) is 1.35. The summed E-state index contributed by atoms with van der Waals surface area (Å²) in [4.78, 5) is 16.4. The van der Waals surface area contributed by atoms with E-state index in [1.807, 2.05) is 19.9 Å². The second-order valence-electron chi connectivity index (χ2n) is 5.39. The molecular formula is C19H18ClN3O3. The van der Waals surface area contributed by atoms with Crippen molar-refractivity contribution < 1.29 is 9.66 Å². The Bertz CT molecular complexity index is 849. The lowest BCUT2D eigenvalue weighted by atomic mass is 10.2. The smallest absolute Gasteiger partial charge is 0.331 e. The van der Waals surface area contributed by atoms with Crippen LogP contribution in [0.1, 0.15) is 20.3 Å². The van der Waals surface area contributed by atoms with Crippen molar-refractivity contribution in [2.45, 2.75) is 20.3 Å². The molecule has 1 heterocycles. The SMILES string of the molecule is CC/C=C(C)/C=C(/Oc1ncccc1[N+](=O)[O-])N(C)c1ccc#cc1Cl. The normalized spacial score (nSPS) is 11.7. The average molecular weight is 372 g/mol. The lowest BCUT2D eigenvalue weighted by Crippen LogP contribution is -2.22. The summed E-state index contributed by atoms with van der Waals surface area (Å²) < 4.78 is 5.81. The van der Waals surface area contributed by atoms with E-state index in [1.54, 1.807) is 30.2 Å². The highest BCUT2D eigenvalue weighted by atomic mass is 35.5. The van der Waals surface area contributed by atoms with Crippen LogP contribution >= 0.6 is 11.6 Å². The van der Waals surface area contributed by atoms with Gasteiger partial charge in [-0.1, -0.05) is 30.7 Å². The minimum Gasteiger partial charge on any atom is -0.416 e. The standard InChI is InChI=1S/C19H18ClN3O3/c1-4-8-14(2)13-18(22(3)16-10-6-5-9-15(16)20)26-19-17(23(24)25)11-7-12-21-19/h6-8,10-13H,4H2,1-3H3/b14-8+,18-13+. The highest BCUT2D eigenvalue weighted by Crippen LogP contribution is 2.30. The summed E-state index contributed by atoms with van der Waals surface area (Å²) in [6.45, 7) is 3.93. The third-order valence-corrected chi connectivity index (χ3v) is 3.74. The zero-order valence-electron chi connectivity index (χ0n) is 14.7. The van der Waals surface area contributed by atoms with Gasteiger partial charge in [-0.05, 0) is 43.2 Å². The van der Waals surface area contributed by atoms with E-state index < -0.39 is 4.92 Å². The minimum atomic E-state index is -0.535. The summed E-state index contributed by atoms with van der Waals surface area (Å²) in [5.74, 6) is 0.248. The Kier molecular flexibility index (Phi) is 6.59. The molecule has 1 aromatic carbocycles. The predicted octanol–water partition coefficient (Wildman–Crippen LogP) is 4.96. The lowest BCUT2D eigenvalue weighted by molar-refractivity contribution is -0.386. The van der Waals surface area contributed by atoms with Gasteiger partial charge in [0, 0.05) is 25.4 Å². The number of halogens is 1. The molecule has 0 N–H and O–H groups in total. The maximum Gasteiger partial charge on any atom is 0.331 e. The number of hydrogen-bond acceptors (Lipinski definition) is 5. The van der Waals surface area contributed by atoms with Gasteiger partial charge < -0.3 is 9.64 Å². The van der Waals surface area contributed by atoms with Crippen molar-refractivity contribution in [3.63, 3.8) is 0 Å². The maximum atomic E-state index is 11.2. The van der Waals surface area contributed by atoms with E-state index in [0.717, 1.165) is 12.0 Å². The van der Waals surface area contributed by atoms with Gasteiger partial charge in [0.1, 0.15) is 5.02 Å². The molecule has 7 heteroatoms. The summed E-state index contributed by atoms with van der Waals surface area (Å²) in [7, 11) is 1.74. The van der Waals surface area contributed by atoms with E-state index in [9.17, 15) is 10.1 Å². The molecule has 0 radical (unpaired) electrons. The van der Waals surface area contributed by atoms with Gasteiger partial charge in [-0.3, -0.25) is 10.1 Å². The molecule has 0 unspecified atom stereocenters. The summed E-state index contributed by atoms with van der Waals surface area (Å²) >= 11 is 6.20. The van der Waals surface area contributed by atoms with Crippen molar-refractivity contribution in [2.24, 2.45) is 0 Å². The number of hydrogen-bond donors (Lipinski definition) is 0. The first kappa shape index (κ1) is 19.3. The van der Waals surface area contributed by atoms with Gasteiger partial charge in [0.25, 0.3) is 0 Å². The summed E-state index contributed by atoms with van der Waals surface area (Å²) in [6.07, 6.45) is 6.07. The molecule has 0 saturated heterocycles. The zero-order chi connectivity index (χ0) is 19.1. The quantitative estimate of drug-likeness (QED) is 0.298. The van der Waals surface area contributed by atoms with Gasteiger partial charge in [-0.25, -0.2) is 4.98 Å². The van der Waals surface area contributed by atoms with Crippen LogP contribution in [0.25, 0.3) is 0 Å². The molecule has 134 valence electrons. The molecule has 2 rings (SSSR count).